The van der Waals surface area contributed by atoms with Crippen LogP contribution in [0.3, 0.4) is 0 Å². The lowest BCUT2D eigenvalue weighted by molar-refractivity contribution is -0.123. The molecule has 1 amide bonds. The summed E-state index contributed by atoms with van der Waals surface area (Å²) in [6.45, 7) is 6.94. The number of benzene rings is 2. The first-order valence-corrected chi connectivity index (χ1v) is 7.71. The molecule has 1 N–H and O–H groups in total. The Hall–Kier alpha value is -2.49. The molecule has 2 rings (SSSR count). The molecule has 0 atom stereocenters. The number of carbonyl (C=O) groups excluding carboxylic acids is 1. The maximum absolute atomic E-state index is 11.7. The van der Waals surface area contributed by atoms with Crippen LogP contribution in [0, 0.1) is 20.8 Å². The second-order valence-corrected chi connectivity index (χ2v) is 5.50. The molecule has 4 nitrogen and oxygen atoms in total. The lowest BCUT2D eigenvalue weighted by Crippen LogP contribution is -2.32. The Bertz CT molecular complexity index is 667. The highest BCUT2D eigenvalue weighted by atomic mass is 16.5. The number of hydrogen-bond donors (Lipinski definition) is 1. The molecule has 0 radical (unpaired) electrons. The van der Waals surface area contributed by atoms with Crippen LogP contribution in [0.2, 0.25) is 0 Å². The first kappa shape index (κ1) is 16.9. The molecule has 2 aromatic rings. The van der Waals surface area contributed by atoms with E-state index in [1.807, 2.05) is 63.2 Å². The van der Waals surface area contributed by atoms with Crippen LogP contribution < -0.4 is 14.8 Å². The summed E-state index contributed by atoms with van der Waals surface area (Å²) in [6, 6.07) is 13.6. The van der Waals surface area contributed by atoms with E-state index in [-0.39, 0.29) is 12.5 Å². The lowest BCUT2D eigenvalue weighted by Gasteiger charge is -2.11. The fourth-order valence-corrected chi connectivity index (χ4v) is 2.14. The predicted molar refractivity (Wildman–Crippen MR) is 91.1 cm³/mol. The van der Waals surface area contributed by atoms with Gasteiger partial charge in [0.05, 0.1) is 6.54 Å². The molecule has 0 aliphatic rings. The average molecular weight is 313 g/mol. The molecule has 2 aromatic carbocycles. The summed E-state index contributed by atoms with van der Waals surface area (Å²) in [5.74, 6) is 1.40. The van der Waals surface area contributed by atoms with Gasteiger partial charge in [-0.15, -0.1) is 0 Å². The lowest BCUT2D eigenvalue weighted by atomic mass is 10.1. The largest absolute Gasteiger partial charge is 0.491 e. The normalized spacial score (nSPS) is 10.2. The van der Waals surface area contributed by atoms with Crippen LogP contribution in [0.15, 0.2) is 42.5 Å². The molecule has 0 bridgehead atoms. The van der Waals surface area contributed by atoms with Crippen LogP contribution in [0.5, 0.6) is 11.5 Å². The van der Waals surface area contributed by atoms with E-state index >= 15 is 0 Å². The molecule has 0 aliphatic carbocycles. The van der Waals surface area contributed by atoms with Gasteiger partial charge in [-0.2, -0.15) is 0 Å². The van der Waals surface area contributed by atoms with Crippen molar-refractivity contribution < 1.29 is 14.3 Å². The van der Waals surface area contributed by atoms with E-state index < -0.39 is 0 Å². The molecule has 0 heterocycles. The summed E-state index contributed by atoms with van der Waals surface area (Å²) in [6.07, 6.45) is 0. The third kappa shape index (κ3) is 5.33. The fourth-order valence-electron chi connectivity index (χ4n) is 2.14. The van der Waals surface area contributed by atoms with Crippen molar-refractivity contribution in [3.63, 3.8) is 0 Å². The highest BCUT2D eigenvalue weighted by Crippen LogP contribution is 2.20. The number of hydrogen-bond acceptors (Lipinski definition) is 3. The molecule has 0 spiro atoms. The second-order valence-electron chi connectivity index (χ2n) is 5.50. The van der Waals surface area contributed by atoms with Crippen molar-refractivity contribution >= 4 is 5.91 Å². The van der Waals surface area contributed by atoms with Gasteiger partial charge >= 0.3 is 0 Å². The van der Waals surface area contributed by atoms with Gasteiger partial charge in [0.25, 0.3) is 5.91 Å². The molecule has 0 saturated heterocycles. The number of ether oxygens (including phenoxy) is 2. The third-order valence-corrected chi connectivity index (χ3v) is 3.60. The van der Waals surface area contributed by atoms with Crippen LogP contribution in [0.25, 0.3) is 0 Å². The van der Waals surface area contributed by atoms with Crippen molar-refractivity contribution in [2.45, 2.75) is 20.8 Å². The quantitative estimate of drug-likeness (QED) is 0.799. The Kier molecular flexibility index (Phi) is 6.03. The first-order chi connectivity index (χ1) is 11.1. The Balaban J connectivity index is 1.68. The van der Waals surface area contributed by atoms with Gasteiger partial charge in [-0.05, 0) is 55.7 Å². The van der Waals surface area contributed by atoms with Gasteiger partial charge < -0.3 is 14.8 Å². The molecule has 4 heteroatoms. The fraction of sp³-hybridized carbons (Fsp3) is 0.316. The van der Waals surface area contributed by atoms with Gasteiger partial charge in [0.15, 0.2) is 6.61 Å². The smallest absolute Gasteiger partial charge is 0.258 e. The van der Waals surface area contributed by atoms with Crippen LogP contribution in [-0.4, -0.2) is 25.7 Å². The Morgan fingerprint density at radius 1 is 1.04 bits per heavy atom. The van der Waals surface area contributed by atoms with Crippen LogP contribution in [0.1, 0.15) is 16.7 Å². The van der Waals surface area contributed by atoms with Crippen LogP contribution >= 0.6 is 0 Å². The van der Waals surface area contributed by atoms with Gasteiger partial charge in [-0.1, -0.05) is 24.3 Å². The molecule has 0 aliphatic heterocycles. The summed E-state index contributed by atoms with van der Waals surface area (Å²) in [5.41, 5.74) is 3.42. The molecule has 0 unspecified atom stereocenters. The van der Waals surface area contributed by atoms with Crippen molar-refractivity contribution in [2.24, 2.45) is 0 Å². The Labute approximate surface area is 137 Å². The molecule has 0 fully saturated rings. The molecular weight excluding hydrogens is 290 g/mol. The standard InChI is InChI=1S/C19H23NO3/c1-14-6-4-8-17(12-14)23-13-19(21)20-10-11-22-18-9-5-7-15(2)16(18)3/h4-9,12H,10-11,13H2,1-3H3,(H,20,21). The van der Waals surface area contributed by atoms with Crippen molar-refractivity contribution in [3.8, 4) is 11.5 Å². The third-order valence-electron chi connectivity index (χ3n) is 3.60. The van der Waals surface area contributed by atoms with Crippen molar-refractivity contribution in [3.05, 3.63) is 59.2 Å². The summed E-state index contributed by atoms with van der Waals surface area (Å²) in [4.78, 5) is 11.7. The van der Waals surface area contributed by atoms with Crippen LogP contribution in [0.4, 0.5) is 0 Å². The minimum Gasteiger partial charge on any atom is -0.491 e. The Morgan fingerprint density at radius 3 is 2.61 bits per heavy atom. The zero-order valence-corrected chi connectivity index (χ0v) is 13.9. The average Bonchev–Trinajstić information content (AvgIpc) is 2.53. The molecule has 0 aromatic heterocycles. The van der Waals surface area contributed by atoms with E-state index in [0.29, 0.717) is 18.9 Å². The number of rotatable bonds is 7. The van der Waals surface area contributed by atoms with E-state index in [1.54, 1.807) is 0 Å². The summed E-state index contributed by atoms with van der Waals surface area (Å²) >= 11 is 0. The minimum absolute atomic E-state index is 0.00687. The number of nitrogens with one attached hydrogen (secondary N) is 1. The van der Waals surface area contributed by atoms with Gasteiger partial charge in [0.2, 0.25) is 0 Å². The maximum Gasteiger partial charge on any atom is 0.258 e. The molecule has 23 heavy (non-hydrogen) atoms. The zero-order chi connectivity index (χ0) is 16.7. The SMILES string of the molecule is Cc1cccc(OCC(=O)NCCOc2cccc(C)c2C)c1. The minimum atomic E-state index is -0.156. The molecule has 0 saturated carbocycles. The highest BCUT2D eigenvalue weighted by molar-refractivity contribution is 5.77. The first-order valence-electron chi connectivity index (χ1n) is 7.71. The van der Waals surface area contributed by atoms with Crippen LogP contribution in [-0.2, 0) is 4.79 Å². The van der Waals surface area contributed by atoms with E-state index in [2.05, 4.69) is 5.32 Å². The number of amides is 1. The summed E-state index contributed by atoms with van der Waals surface area (Å²) < 4.78 is 11.1. The summed E-state index contributed by atoms with van der Waals surface area (Å²) in [5, 5.41) is 2.78. The van der Waals surface area contributed by atoms with E-state index in [1.165, 1.54) is 5.56 Å². The van der Waals surface area contributed by atoms with E-state index in [9.17, 15) is 4.79 Å². The van der Waals surface area contributed by atoms with E-state index in [4.69, 9.17) is 9.47 Å². The highest BCUT2D eigenvalue weighted by Gasteiger charge is 2.04. The molecular formula is C19H23NO3. The van der Waals surface area contributed by atoms with Crippen molar-refractivity contribution in [2.75, 3.05) is 19.8 Å². The van der Waals surface area contributed by atoms with Crippen molar-refractivity contribution in [1.29, 1.82) is 0 Å². The maximum atomic E-state index is 11.7. The zero-order valence-electron chi connectivity index (χ0n) is 13.9. The molecule has 122 valence electrons. The topological polar surface area (TPSA) is 47.6 Å². The number of aryl methyl sites for hydroxylation is 2. The van der Waals surface area contributed by atoms with Gasteiger partial charge in [-0.25, -0.2) is 0 Å². The van der Waals surface area contributed by atoms with Gasteiger partial charge in [-0.3, -0.25) is 4.79 Å². The predicted octanol–water partition coefficient (Wildman–Crippen LogP) is 3.19. The van der Waals surface area contributed by atoms with Gasteiger partial charge in [0.1, 0.15) is 18.1 Å². The Morgan fingerprint density at radius 2 is 1.83 bits per heavy atom. The summed E-state index contributed by atoms with van der Waals surface area (Å²) in [7, 11) is 0. The van der Waals surface area contributed by atoms with E-state index in [0.717, 1.165) is 16.9 Å². The van der Waals surface area contributed by atoms with Crippen molar-refractivity contribution in [1.82, 2.24) is 5.32 Å². The number of carbonyl (C=O) groups is 1. The second kappa shape index (κ2) is 8.22. The monoisotopic (exact) mass is 313 g/mol. The van der Waals surface area contributed by atoms with Gasteiger partial charge in [0, 0.05) is 0 Å².